The normalized spacial score (nSPS) is 29.8. The largest absolute Gasteiger partial charge is 0.509 e. The maximum Gasteiger partial charge on any atom is 0.509 e. The fourth-order valence-corrected chi connectivity index (χ4v) is 2.25. The van der Waals surface area contributed by atoms with Crippen molar-refractivity contribution in [3.63, 3.8) is 0 Å². The minimum atomic E-state index is -1.60. The van der Waals surface area contributed by atoms with Crippen molar-refractivity contribution in [1.82, 2.24) is 0 Å². The van der Waals surface area contributed by atoms with Gasteiger partial charge in [-0.15, -0.1) is 0 Å². The summed E-state index contributed by atoms with van der Waals surface area (Å²) >= 11 is 0. The van der Waals surface area contributed by atoms with Crippen LogP contribution < -0.4 is 0 Å². The first-order valence-corrected chi connectivity index (χ1v) is 6.10. The second-order valence-electron chi connectivity index (χ2n) is 4.49. The van der Waals surface area contributed by atoms with Gasteiger partial charge < -0.3 is 14.2 Å². The summed E-state index contributed by atoms with van der Waals surface area (Å²) in [4.78, 5) is 22.6. The summed E-state index contributed by atoms with van der Waals surface area (Å²) in [5.41, 5.74) is 0.344. The lowest BCUT2D eigenvalue weighted by Crippen LogP contribution is -2.52. The Hall–Kier alpha value is -2.37. The van der Waals surface area contributed by atoms with E-state index >= 15 is 0 Å². The Morgan fingerprint density at radius 2 is 1.80 bits per heavy atom. The predicted molar refractivity (Wildman–Crippen MR) is 64.5 cm³/mol. The van der Waals surface area contributed by atoms with E-state index in [1.807, 2.05) is 0 Å². The number of rotatable bonds is 2. The number of hydrogen-bond acceptors (Lipinski definition) is 5. The Kier molecular flexibility index (Phi) is 3.14. The zero-order chi connectivity index (χ0) is 14.1. The van der Waals surface area contributed by atoms with Gasteiger partial charge in [0.25, 0.3) is 0 Å². The van der Waals surface area contributed by atoms with Crippen LogP contribution in [0.25, 0.3) is 0 Å². The summed E-state index contributed by atoms with van der Waals surface area (Å²) in [6.07, 6.45) is -3.08. The fourth-order valence-electron chi connectivity index (χ4n) is 2.25. The molecule has 0 amide bonds. The van der Waals surface area contributed by atoms with Crippen LogP contribution in [0.4, 0.5) is 9.18 Å². The van der Waals surface area contributed by atoms with E-state index in [1.54, 1.807) is 30.3 Å². The second-order valence-corrected chi connectivity index (χ2v) is 4.49. The van der Waals surface area contributed by atoms with E-state index in [-0.39, 0.29) is 0 Å². The molecule has 20 heavy (non-hydrogen) atoms. The molecule has 2 aliphatic heterocycles. The molecule has 0 radical (unpaired) electrons. The Labute approximate surface area is 113 Å². The van der Waals surface area contributed by atoms with Gasteiger partial charge in [-0.05, 0) is 11.6 Å². The molecular weight excluding hydrogens is 267 g/mol. The molecule has 0 saturated carbocycles. The van der Waals surface area contributed by atoms with Crippen LogP contribution in [0.2, 0.25) is 0 Å². The minimum absolute atomic E-state index is 0.344. The van der Waals surface area contributed by atoms with Crippen molar-refractivity contribution in [2.24, 2.45) is 0 Å². The van der Waals surface area contributed by atoms with E-state index in [1.165, 1.54) is 6.08 Å². The third kappa shape index (κ3) is 2.24. The molecule has 4 unspecified atom stereocenters. The van der Waals surface area contributed by atoms with Crippen molar-refractivity contribution >= 4 is 12.1 Å². The van der Waals surface area contributed by atoms with E-state index in [2.05, 4.69) is 0 Å². The summed E-state index contributed by atoms with van der Waals surface area (Å²) in [6.45, 7) is 0. The minimum Gasteiger partial charge on any atom is -0.451 e. The van der Waals surface area contributed by atoms with Crippen LogP contribution in [0, 0.1) is 0 Å². The molecule has 3 rings (SSSR count). The smallest absolute Gasteiger partial charge is 0.451 e. The standard InChI is InChI=1S/C14H11FO5/c15-11(8-4-2-1-3-5-8)13-12-9(18-14(17)20-13)6-7-10(16)19-12/h1-7,9,11-13H. The highest BCUT2D eigenvalue weighted by molar-refractivity contribution is 5.83. The number of esters is 1. The van der Waals surface area contributed by atoms with Crippen LogP contribution in [-0.2, 0) is 19.0 Å². The van der Waals surface area contributed by atoms with Crippen LogP contribution in [0.5, 0.6) is 0 Å². The number of ether oxygens (including phenoxy) is 3. The first kappa shape index (κ1) is 12.7. The first-order valence-electron chi connectivity index (χ1n) is 6.10. The third-order valence-corrected chi connectivity index (χ3v) is 3.19. The quantitative estimate of drug-likeness (QED) is 0.775. The van der Waals surface area contributed by atoms with E-state index < -0.39 is 36.6 Å². The van der Waals surface area contributed by atoms with E-state index in [0.717, 1.165) is 6.08 Å². The maximum atomic E-state index is 14.5. The molecule has 1 fully saturated rings. The molecule has 1 aromatic rings. The van der Waals surface area contributed by atoms with Gasteiger partial charge in [-0.2, -0.15) is 0 Å². The van der Waals surface area contributed by atoms with E-state index in [0.29, 0.717) is 5.56 Å². The monoisotopic (exact) mass is 278 g/mol. The molecule has 1 aromatic carbocycles. The maximum absolute atomic E-state index is 14.5. The highest BCUT2D eigenvalue weighted by atomic mass is 19.1. The number of alkyl halides is 1. The number of cyclic esters (lactones) is 1. The average molecular weight is 278 g/mol. The number of hydrogen-bond donors (Lipinski definition) is 0. The van der Waals surface area contributed by atoms with Crippen LogP contribution in [0.3, 0.4) is 0 Å². The molecule has 104 valence electrons. The van der Waals surface area contributed by atoms with Crippen molar-refractivity contribution in [1.29, 1.82) is 0 Å². The van der Waals surface area contributed by atoms with Crippen LogP contribution in [0.15, 0.2) is 42.5 Å². The van der Waals surface area contributed by atoms with Crippen LogP contribution >= 0.6 is 0 Å². The molecule has 2 aliphatic rings. The Bertz CT molecular complexity index is 556. The van der Waals surface area contributed by atoms with Gasteiger partial charge in [0.05, 0.1) is 0 Å². The molecule has 0 aromatic heterocycles. The SMILES string of the molecule is O=C1C=CC2OC(=O)OC(C(F)c3ccccc3)C2O1. The highest BCUT2D eigenvalue weighted by Crippen LogP contribution is 2.33. The van der Waals surface area contributed by atoms with Gasteiger partial charge in [0.1, 0.15) is 0 Å². The van der Waals surface area contributed by atoms with E-state index in [4.69, 9.17) is 14.2 Å². The molecule has 1 saturated heterocycles. The molecule has 6 heteroatoms. The van der Waals surface area contributed by atoms with Crippen LogP contribution in [-0.4, -0.2) is 30.4 Å². The van der Waals surface area contributed by atoms with Gasteiger partial charge in [0, 0.05) is 6.08 Å². The molecule has 0 spiro atoms. The van der Waals surface area contributed by atoms with E-state index in [9.17, 15) is 14.0 Å². The number of halogens is 1. The van der Waals surface area contributed by atoms with Gasteiger partial charge in [-0.25, -0.2) is 14.0 Å². The number of carbonyl (C=O) groups excluding carboxylic acids is 2. The Morgan fingerprint density at radius 1 is 1.05 bits per heavy atom. The first-order chi connectivity index (χ1) is 9.65. The van der Waals surface area contributed by atoms with Crippen molar-refractivity contribution in [3.8, 4) is 0 Å². The zero-order valence-corrected chi connectivity index (χ0v) is 10.3. The van der Waals surface area contributed by atoms with Gasteiger partial charge in [-0.3, -0.25) is 0 Å². The topological polar surface area (TPSA) is 61.8 Å². The lowest BCUT2D eigenvalue weighted by molar-refractivity contribution is -0.183. The summed E-state index contributed by atoms with van der Waals surface area (Å²) in [7, 11) is 0. The lowest BCUT2D eigenvalue weighted by Gasteiger charge is -2.37. The van der Waals surface area contributed by atoms with Gasteiger partial charge in [0.2, 0.25) is 0 Å². The van der Waals surface area contributed by atoms with Crippen molar-refractivity contribution in [2.75, 3.05) is 0 Å². The van der Waals surface area contributed by atoms with Gasteiger partial charge >= 0.3 is 12.1 Å². The molecule has 0 bridgehead atoms. The van der Waals surface area contributed by atoms with Crippen LogP contribution in [0.1, 0.15) is 11.7 Å². The number of fused-ring (bicyclic) bond motifs is 1. The average Bonchev–Trinajstić information content (AvgIpc) is 2.47. The Morgan fingerprint density at radius 3 is 2.55 bits per heavy atom. The predicted octanol–water partition coefficient (Wildman–Crippen LogP) is 2.08. The fraction of sp³-hybridized carbons (Fsp3) is 0.286. The number of benzene rings is 1. The lowest BCUT2D eigenvalue weighted by atomic mass is 9.96. The van der Waals surface area contributed by atoms with Gasteiger partial charge in [0.15, 0.2) is 24.5 Å². The zero-order valence-electron chi connectivity index (χ0n) is 10.3. The number of carbonyl (C=O) groups is 2. The van der Waals surface area contributed by atoms with Gasteiger partial charge in [-0.1, -0.05) is 30.3 Å². The summed E-state index contributed by atoms with van der Waals surface area (Å²) in [6, 6.07) is 8.24. The molecule has 4 atom stereocenters. The molecular formula is C14H11FO5. The summed E-state index contributed by atoms with van der Waals surface area (Å²) in [5.74, 6) is -0.613. The van der Waals surface area contributed by atoms with Crippen molar-refractivity contribution in [2.45, 2.75) is 24.5 Å². The summed E-state index contributed by atoms with van der Waals surface area (Å²) < 4.78 is 29.3. The second kappa shape index (κ2) is 4.96. The molecule has 2 heterocycles. The van der Waals surface area contributed by atoms with Crippen molar-refractivity contribution < 1.29 is 28.2 Å². The Balaban J connectivity index is 1.89. The molecule has 0 N–H and O–H groups in total. The van der Waals surface area contributed by atoms with Crippen molar-refractivity contribution in [3.05, 3.63) is 48.0 Å². The highest BCUT2D eigenvalue weighted by Gasteiger charge is 2.47. The summed E-state index contributed by atoms with van der Waals surface area (Å²) in [5, 5.41) is 0. The molecule has 0 aliphatic carbocycles. The third-order valence-electron chi connectivity index (χ3n) is 3.19. The molecule has 5 nitrogen and oxygen atoms in total.